The van der Waals surface area contributed by atoms with Crippen LogP contribution < -0.4 is 19.8 Å². The molecular formula is C32H32ClNO5. The van der Waals surface area contributed by atoms with Crippen LogP contribution in [0.15, 0.2) is 57.7 Å². The summed E-state index contributed by atoms with van der Waals surface area (Å²) in [5, 5.41) is 0.975. The first-order valence-corrected chi connectivity index (χ1v) is 13.7. The number of hydrogen-bond acceptors (Lipinski definition) is 5. The number of aryl methyl sites for hydroxylation is 3. The first-order valence-electron chi connectivity index (χ1n) is 13.3. The van der Waals surface area contributed by atoms with Crippen LogP contribution in [0.4, 0.5) is 5.69 Å². The van der Waals surface area contributed by atoms with Crippen molar-refractivity contribution < 1.29 is 18.7 Å². The van der Waals surface area contributed by atoms with E-state index in [1.165, 1.54) is 0 Å². The van der Waals surface area contributed by atoms with Gasteiger partial charge < -0.3 is 13.9 Å². The lowest BCUT2D eigenvalue weighted by Gasteiger charge is -2.26. The van der Waals surface area contributed by atoms with Crippen molar-refractivity contribution in [3.63, 3.8) is 0 Å². The lowest BCUT2D eigenvalue weighted by Crippen LogP contribution is -2.29. The molecule has 0 aliphatic carbocycles. The molecule has 3 aromatic carbocycles. The predicted octanol–water partition coefficient (Wildman–Crippen LogP) is 7.70. The van der Waals surface area contributed by atoms with Gasteiger partial charge in [0.2, 0.25) is 5.76 Å². The van der Waals surface area contributed by atoms with E-state index < -0.39 is 11.9 Å². The van der Waals surface area contributed by atoms with Crippen LogP contribution >= 0.6 is 11.6 Å². The Balaban J connectivity index is 1.74. The van der Waals surface area contributed by atoms with Gasteiger partial charge in [-0.3, -0.25) is 14.5 Å². The maximum atomic E-state index is 14.0. The fourth-order valence-electron chi connectivity index (χ4n) is 4.95. The van der Waals surface area contributed by atoms with Crippen molar-refractivity contribution in [1.82, 2.24) is 0 Å². The monoisotopic (exact) mass is 545 g/mol. The molecule has 7 heteroatoms. The molecule has 1 aliphatic heterocycles. The summed E-state index contributed by atoms with van der Waals surface area (Å²) in [6.07, 6.45) is 1.94. The van der Waals surface area contributed by atoms with E-state index in [4.69, 9.17) is 25.5 Å². The summed E-state index contributed by atoms with van der Waals surface area (Å²) in [7, 11) is 0. The highest BCUT2D eigenvalue weighted by Crippen LogP contribution is 2.44. The van der Waals surface area contributed by atoms with Crippen LogP contribution in [-0.2, 0) is 0 Å². The molecule has 1 atom stereocenters. The number of rotatable bonds is 8. The van der Waals surface area contributed by atoms with Crippen molar-refractivity contribution in [3.8, 4) is 11.5 Å². The van der Waals surface area contributed by atoms with Crippen molar-refractivity contribution in [2.45, 2.75) is 53.5 Å². The number of nitrogens with zero attached hydrogens (tertiary/aromatic N) is 1. The summed E-state index contributed by atoms with van der Waals surface area (Å²) < 4.78 is 18.1. The van der Waals surface area contributed by atoms with Gasteiger partial charge in [-0.1, -0.05) is 37.1 Å². The number of halogens is 1. The summed E-state index contributed by atoms with van der Waals surface area (Å²) in [6.45, 7) is 10.8. The van der Waals surface area contributed by atoms with Crippen molar-refractivity contribution in [3.05, 3.63) is 97.4 Å². The standard InChI is InChI=1S/C32H32ClNO5/c1-6-8-13-38-25-12-10-21(16-27(25)37-7-2)29-28-30(35)23-14-19(4)20(5)15-26(23)39-31(28)32(36)34(29)22-11-9-18(3)24(33)17-22/h9-12,14-17,29H,6-8,13H2,1-5H3. The van der Waals surface area contributed by atoms with Crippen LogP contribution in [0.2, 0.25) is 5.02 Å². The van der Waals surface area contributed by atoms with Gasteiger partial charge in [0.25, 0.3) is 5.91 Å². The average molecular weight is 546 g/mol. The Labute approximate surface area is 233 Å². The van der Waals surface area contributed by atoms with E-state index in [-0.39, 0.29) is 11.2 Å². The minimum absolute atomic E-state index is 0.0404. The number of amides is 1. The molecule has 202 valence electrons. The molecule has 1 aliphatic rings. The van der Waals surface area contributed by atoms with Crippen LogP contribution in [0.1, 0.15) is 71.1 Å². The molecular weight excluding hydrogens is 514 g/mol. The Morgan fingerprint density at radius 3 is 2.38 bits per heavy atom. The Morgan fingerprint density at radius 2 is 1.67 bits per heavy atom. The molecule has 0 N–H and O–H groups in total. The zero-order chi connectivity index (χ0) is 27.8. The van der Waals surface area contributed by atoms with E-state index in [1.54, 1.807) is 11.0 Å². The molecule has 0 radical (unpaired) electrons. The van der Waals surface area contributed by atoms with Crippen LogP contribution in [0, 0.1) is 20.8 Å². The molecule has 0 bridgehead atoms. The number of carbonyl (C=O) groups excluding carboxylic acids is 1. The molecule has 5 rings (SSSR count). The SMILES string of the molecule is CCCCOc1ccc(C2c3c(oc4cc(C)c(C)cc4c3=O)C(=O)N2c2ccc(C)c(Cl)c2)cc1OCC. The second-order valence-electron chi connectivity index (χ2n) is 9.96. The number of benzene rings is 3. The Bertz CT molecular complexity index is 1640. The van der Waals surface area contributed by atoms with Crippen molar-refractivity contribution >= 4 is 34.2 Å². The normalized spacial score (nSPS) is 14.7. The van der Waals surface area contributed by atoms with Crippen LogP contribution in [-0.4, -0.2) is 19.1 Å². The first kappa shape index (κ1) is 26.8. The largest absolute Gasteiger partial charge is 0.490 e. The number of fused-ring (bicyclic) bond motifs is 2. The lowest BCUT2D eigenvalue weighted by atomic mass is 9.96. The fraction of sp³-hybridized carbons (Fsp3) is 0.312. The third kappa shape index (κ3) is 4.78. The number of ether oxygens (including phenoxy) is 2. The maximum Gasteiger partial charge on any atom is 0.295 e. The molecule has 0 saturated heterocycles. The first-order chi connectivity index (χ1) is 18.7. The molecule has 1 aromatic heterocycles. The van der Waals surface area contributed by atoms with Crippen LogP contribution in [0.3, 0.4) is 0 Å². The van der Waals surface area contributed by atoms with E-state index >= 15 is 0 Å². The molecule has 1 unspecified atom stereocenters. The second kappa shape index (κ2) is 10.8. The summed E-state index contributed by atoms with van der Waals surface area (Å²) in [6, 6.07) is 13.9. The van der Waals surface area contributed by atoms with E-state index in [1.807, 2.05) is 70.2 Å². The fourth-order valence-corrected chi connectivity index (χ4v) is 5.12. The van der Waals surface area contributed by atoms with E-state index in [0.717, 1.165) is 29.5 Å². The third-order valence-electron chi connectivity index (χ3n) is 7.26. The van der Waals surface area contributed by atoms with Gasteiger partial charge in [0, 0.05) is 10.7 Å². The molecule has 0 saturated carbocycles. The summed E-state index contributed by atoms with van der Waals surface area (Å²) >= 11 is 6.48. The molecule has 0 fully saturated rings. The molecule has 0 spiro atoms. The van der Waals surface area contributed by atoms with E-state index in [9.17, 15) is 9.59 Å². The van der Waals surface area contributed by atoms with E-state index in [0.29, 0.717) is 57.5 Å². The third-order valence-corrected chi connectivity index (χ3v) is 7.67. The molecule has 1 amide bonds. The lowest BCUT2D eigenvalue weighted by molar-refractivity contribution is 0.0971. The van der Waals surface area contributed by atoms with Gasteiger partial charge in [-0.15, -0.1) is 0 Å². The molecule has 39 heavy (non-hydrogen) atoms. The summed E-state index contributed by atoms with van der Waals surface area (Å²) in [4.78, 5) is 29.6. The molecule has 6 nitrogen and oxygen atoms in total. The van der Waals surface area contributed by atoms with Gasteiger partial charge in [-0.05, 0) is 92.8 Å². The zero-order valence-electron chi connectivity index (χ0n) is 22.9. The van der Waals surface area contributed by atoms with Gasteiger partial charge in [0.15, 0.2) is 16.9 Å². The number of carbonyl (C=O) groups is 1. The van der Waals surface area contributed by atoms with Gasteiger partial charge in [0.1, 0.15) is 5.58 Å². The Kier molecular flexibility index (Phi) is 7.41. The average Bonchev–Trinajstić information content (AvgIpc) is 3.20. The van der Waals surface area contributed by atoms with Gasteiger partial charge in [-0.2, -0.15) is 0 Å². The van der Waals surface area contributed by atoms with Crippen LogP contribution in [0.25, 0.3) is 11.0 Å². The Morgan fingerprint density at radius 1 is 0.897 bits per heavy atom. The Hall–Kier alpha value is -3.77. The predicted molar refractivity (Wildman–Crippen MR) is 155 cm³/mol. The molecule has 4 aromatic rings. The zero-order valence-corrected chi connectivity index (χ0v) is 23.6. The topological polar surface area (TPSA) is 69.0 Å². The quantitative estimate of drug-likeness (QED) is 0.212. The summed E-state index contributed by atoms with van der Waals surface area (Å²) in [5.41, 5.74) is 4.60. The highest BCUT2D eigenvalue weighted by atomic mass is 35.5. The molecule has 2 heterocycles. The van der Waals surface area contributed by atoms with Crippen LogP contribution in [0.5, 0.6) is 11.5 Å². The maximum absolute atomic E-state index is 14.0. The number of anilines is 1. The highest BCUT2D eigenvalue weighted by molar-refractivity contribution is 6.31. The summed E-state index contributed by atoms with van der Waals surface area (Å²) in [5.74, 6) is 0.831. The second-order valence-corrected chi connectivity index (χ2v) is 10.4. The van der Waals surface area contributed by atoms with Crippen molar-refractivity contribution in [1.29, 1.82) is 0 Å². The number of unbranched alkanes of at least 4 members (excludes halogenated alkanes) is 1. The van der Waals surface area contributed by atoms with Crippen molar-refractivity contribution in [2.75, 3.05) is 18.1 Å². The van der Waals surface area contributed by atoms with Gasteiger partial charge in [0.05, 0.1) is 30.2 Å². The number of hydrogen-bond donors (Lipinski definition) is 0. The minimum Gasteiger partial charge on any atom is -0.490 e. The highest BCUT2D eigenvalue weighted by Gasteiger charge is 2.44. The van der Waals surface area contributed by atoms with Crippen molar-refractivity contribution in [2.24, 2.45) is 0 Å². The minimum atomic E-state index is -0.738. The van der Waals surface area contributed by atoms with E-state index in [2.05, 4.69) is 6.92 Å². The van der Waals surface area contributed by atoms with Gasteiger partial charge >= 0.3 is 0 Å². The van der Waals surface area contributed by atoms with Gasteiger partial charge in [-0.25, -0.2) is 0 Å². The smallest absolute Gasteiger partial charge is 0.295 e.